The van der Waals surface area contributed by atoms with Crippen LogP contribution in [-0.2, 0) is 6.54 Å². The van der Waals surface area contributed by atoms with E-state index in [0.29, 0.717) is 17.3 Å². The maximum Gasteiger partial charge on any atom is 0.126 e. The van der Waals surface area contributed by atoms with Crippen LogP contribution in [-0.4, -0.2) is 21.5 Å². The van der Waals surface area contributed by atoms with Crippen molar-refractivity contribution in [3.63, 3.8) is 0 Å². The zero-order valence-electron chi connectivity index (χ0n) is 10.3. The lowest BCUT2D eigenvalue weighted by atomic mass is 10.3. The third-order valence-corrected chi connectivity index (χ3v) is 3.31. The molecule has 0 atom stereocenters. The molecule has 1 aliphatic rings. The highest BCUT2D eigenvalue weighted by molar-refractivity contribution is 6.30. The molecular weight excluding hydrogens is 267 g/mol. The van der Waals surface area contributed by atoms with E-state index in [4.69, 9.17) is 11.6 Å². The highest BCUT2D eigenvalue weighted by atomic mass is 35.5. The van der Waals surface area contributed by atoms with Gasteiger partial charge in [-0.3, -0.25) is 0 Å². The standard InChI is InChI=1S/C13H14ClFN4/c14-10-3-11(15)5-13(4-10)19-8-12(17-18-19)7-16-6-9-1-2-9/h3-5,8-9,16H,1-2,6-7H2. The summed E-state index contributed by atoms with van der Waals surface area (Å²) >= 11 is 5.82. The predicted octanol–water partition coefficient (Wildman–Crippen LogP) is 2.56. The average molecular weight is 281 g/mol. The van der Waals surface area contributed by atoms with Gasteiger partial charge in [0.1, 0.15) is 5.82 Å². The molecule has 1 aromatic carbocycles. The number of hydrogen-bond acceptors (Lipinski definition) is 3. The first-order valence-electron chi connectivity index (χ1n) is 6.29. The van der Waals surface area contributed by atoms with Gasteiger partial charge in [-0.1, -0.05) is 16.8 Å². The van der Waals surface area contributed by atoms with Crippen molar-refractivity contribution < 1.29 is 4.39 Å². The zero-order chi connectivity index (χ0) is 13.2. The van der Waals surface area contributed by atoms with Crippen LogP contribution in [0.15, 0.2) is 24.4 Å². The minimum atomic E-state index is -0.383. The van der Waals surface area contributed by atoms with E-state index in [0.717, 1.165) is 18.2 Å². The normalized spacial score (nSPS) is 14.8. The number of benzene rings is 1. The van der Waals surface area contributed by atoms with E-state index >= 15 is 0 Å². The zero-order valence-corrected chi connectivity index (χ0v) is 11.1. The van der Waals surface area contributed by atoms with Crippen LogP contribution in [0.4, 0.5) is 4.39 Å². The summed E-state index contributed by atoms with van der Waals surface area (Å²) in [6.45, 7) is 1.71. The van der Waals surface area contributed by atoms with Gasteiger partial charge in [0.15, 0.2) is 0 Å². The summed E-state index contributed by atoms with van der Waals surface area (Å²) in [5.41, 5.74) is 1.41. The molecule has 0 radical (unpaired) electrons. The van der Waals surface area contributed by atoms with E-state index in [2.05, 4.69) is 15.6 Å². The third-order valence-electron chi connectivity index (χ3n) is 3.09. The maximum atomic E-state index is 13.3. The van der Waals surface area contributed by atoms with Gasteiger partial charge in [-0.25, -0.2) is 9.07 Å². The van der Waals surface area contributed by atoms with Crippen molar-refractivity contribution in [2.75, 3.05) is 6.54 Å². The van der Waals surface area contributed by atoms with Crippen LogP contribution in [0.3, 0.4) is 0 Å². The number of hydrogen-bond donors (Lipinski definition) is 1. The topological polar surface area (TPSA) is 42.7 Å². The number of nitrogens with one attached hydrogen (secondary N) is 1. The SMILES string of the molecule is Fc1cc(Cl)cc(-n2cc(CNCC3CC3)nn2)c1. The molecule has 0 spiro atoms. The van der Waals surface area contributed by atoms with Crippen LogP contribution < -0.4 is 5.32 Å². The van der Waals surface area contributed by atoms with Crippen molar-refractivity contribution in [3.8, 4) is 5.69 Å². The Labute approximate surface area is 115 Å². The summed E-state index contributed by atoms with van der Waals surface area (Å²) in [5, 5.41) is 11.7. The van der Waals surface area contributed by atoms with Crippen molar-refractivity contribution in [2.45, 2.75) is 19.4 Å². The molecule has 1 aromatic heterocycles. The Balaban J connectivity index is 1.68. The summed E-state index contributed by atoms with van der Waals surface area (Å²) < 4.78 is 14.8. The first-order chi connectivity index (χ1) is 9.20. The second kappa shape index (κ2) is 5.27. The summed E-state index contributed by atoms with van der Waals surface area (Å²) in [4.78, 5) is 0. The number of rotatable bonds is 5. The molecule has 1 fully saturated rings. The monoisotopic (exact) mass is 280 g/mol. The molecule has 0 amide bonds. The third kappa shape index (κ3) is 3.30. The molecule has 1 N–H and O–H groups in total. The predicted molar refractivity (Wildman–Crippen MR) is 70.8 cm³/mol. The van der Waals surface area contributed by atoms with E-state index < -0.39 is 0 Å². The Morgan fingerprint density at radius 2 is 2.21 bits per heavy atom. The second-order valence-corrected chi connectivity index (χ2v) is 5.29. The highest BCUT2D eigenvalue weighted by Crippen LogP contribution is 2.27. The molecule has 6 heteroatoms. The lowest BCUT2D eigenvalue weighted by Gasteiger charge is -2.01. The second-order valence-electron chi connectivity index (χ2n) is 4.86. The van der Waals surface area contributed by atoms with Crippen molar-refractivity contribution in [3.05, 3.63) is 40.9 Å². The molecular formula is C13H14ClFN4. The van der Waals surface area contributed by atoms with Crippen molar-refractivity contribution in [1.82, 2.24) is 20.3 Å². The van der Waals surface area contributed by atoms with Crippen LogP contribution in [0, 0.1) is 11.7 Å². The Morgan fingerprint density at radius 1 is 1.37 bits per heavy atom. The van der Waals surface area contributed by atoms with Crippen molar-refractivity contribution in [1.29, 1.82) is 0 Å². The van der Waals surface area contributed by atoms with E-state index in [1.807, 2.05) is 0 Å². The molecule has 3 rings (SSSR count). The Hall–Kier alpha value is -1.46. The van der Waals surface area contributed by atoms with E-state index in [1.54, 1.807) is 12.3 Å². The summed E-state index contributed by atoms with van der Waals surface area (Å²) in [6, 6.07) is 4.29. The van der Waals surface area contributed by atoms with E-state index in [-0.39, 0.29) is 5.82 Å². The molecule has 0 saturated heterocycles. The van der Waals surface area contributed by atoms with Crippen molar-refractivity contribution >= 4 is 11.6 Å². The first-order valence-corrected chi connectivity index (χ1v) is 6.67. The minimum Gasteiger partial charge on any atom is -0.311 e. The van der Waals surface area contributed by atoms with Gasteiger partial charge in [-0.05, 0) is 43.5 Å². The van der Waals surface area contributed by atoms with Crippen LogP contribution >= 0.6 is 11.6 Å². The molecule has 0 unspecified atom stereocenters. The summed E-state index contributed by atoms with van der Waals surface area (Å²) in [6.07, 6.45) is 4.42. The molecule has 1 heterocycles. The van der Waals surface area contributed by atoms with Gasteiger partial charge in [0.25, 0.3) is 0 Å². The van der Waals surface area contributed by atoms with Gasteiger partial charge in [-0.2, -0.15) is 0 Å². The van der Waals surface area contributed by atoms with Gasteiger partial charge >= 0.3 is 0 Å². The molecule has 0 aliphatic heterocycles. The molecule has 4 nitrogen and oxygen atoms in total. The molecule has 2 aromatic rings. The van der Waals surface area contributed by atoms with E-state index in [1.165, 1.54) is 29.7 Å². The Morgan fingerprint density at radius 3 is 2.95 bits per heavy atom. The molecule has 0 bridgehead atoms. The highest BCUT2D eigenvalue weighted by Gasteiger charge is 2.20. The van der Waals surface area contributed by atoms with Gasteiger partial charge in [0, 0.05) is 11.6 Å². The van der Waals surface area contributed by atoms with Gasteiger partial charge in [-0.15, -0.1) is 5.10 Å². The lowest BCUT2D eigenvalue weighted by molar-refractivity contribution is 0.624. The smallest absolute Gasteiger partial charge is 0.126 e. The first kappa shape index (κ1) is 12.6. The van der Waals surface area contributed by atoms with Gasteiger partial charge in [0.2, 0.25) is 0 Å². The molecule has 100 valence electrons. The largest absolute Gasteiger partial charge is 0.311 e. The van der Waals surface area contributed by atoms with Crippen LogP contribution in [0.25, 0.3) is 5.69 Å². The Bertz CT molecular complexity index is 560. The van der Waals surface area contributed by atoms with Crippen molar-refractivity contribution in [2.24, 2.45) is 5.92 Å². The van der Waals surface area contributed by atoms with Gasteiger partial charge in [0.05, 0.1) is 17.6 Å². The molecule has 1 aliphatic carbocycles. The minimum absolute atomic E-state index is 0.346. The number of nitrogens with zero attached hydrogens (tertiary/aromatic N) is 3. The fraction of sp³-hybridized carbons (Fsp3) is 0.385. The molecule has 19 heavy (non-hydrogen) atoms. The number of halogens is 2. The summed E-state index contributed by atoms with van der Waals surface area (Å²) in [7, 11) is 0. The van der Waals surface area contributed by atoms with E-state index in [9.17, 15) is 4.39 Å². The maximum absolute atomic E-state index is 13.3. The van der Waals surface area contributed by atoms with Crippen LogP contribution in [0.5, 0.6) is 0 Å². The van der Waals surface area contributed by atoms with Gasteiger partial charge < -0.3 is 5.32 Å². The van der Waals surface area contributed by atoms with Crippen LogP contribution in [0.2, 0.25) is 5.02 Å². The summed E-state index contributed by atoms with van der Waals surface area (Å²) in [5.74, 6) is 0.448. The van der Waals surface area contributed by atoms with Crippen LogP contribution in [0.1, 0.15) is 18.5 Å². The molecule has 1 saturated carbocycles. The fourth-order valence-electron chi connectivity index (χ4n) is 1.90. The quantitative estimate of drug-likeness (QED) is 0.915. The number of aromatic nitrogens is 3. The lowest BCUT2D eigenvalue weighted by Crippen LogP contribution is -2.16. The fourth-order valence-corrected chi connectivity index (χ4v) is 2.12. The Kier molecular flexibility index (Phi) is 3.48. The average Bonchev–Trinajstić information content (AvgIpc) is 3.04.